The van der Waals surface area contributed by atoms with Crippen molar-refractivity contribution >= 4 is 17.7 Å². The Bertz CT molecular complexity index is 209. The number of likely N-dealkylation sites (N-methyl/N-ethyl adjacent to an activating group) is 1. The van der Waals surface area contributed by atoms with Gasteiger partial charge >= 0.3 is 0 Å². The van der Waals surface area contributed by atoms with Gasteiger partial charge in [-0.15, -0.1) is 0 Å². The van der Waals surface area contributed by atoms with Crippen LogP contribution in [0, 0.1) is 0 Å². The molecule has 1 N–H and O–H groups in total. The number of nitrogens with one attached hydrogen (secondary N) is 1. The largest absolute Gasteiger partial charge is 0.348 e. The molecule has 1 rings (SSSR count). The third kappa shape index (κ3) is 4.43. The Morgan fingerprint density at radius 2 is 2.20 bits per heavy atom. The number of hydrogen-bond acceptors (Lipinski definition) is 3. The first-order valence-corrected chi connectivity index (χ1v) is 6.88. The van der Waals surface area contributed by atoms with Crippen LogP contribution >= 0.6 is 11.8 Å². The molecule has 3 nitrogen and oxygen atoms in total. The van der Waals surface area contributed by atoms with Gasteiger partial charge in [-0.25, -0.2) is 0 Å². The predicted octanol–water partition coefficient (Wildman–Crippen LogP) is 1.34. The first-order chi connectivity index (χ1) is 7.13. The fourth-order valence-electron chi connectivity index (χ4n) is 1.93. The summed E-state index contributed by atoms with van der Waals surface area (Å²) in [4.78, 5) is 13.0. The van der Waals surface area contributed by atoms with Crippen molar-refractivity contribution in [2.45, 2.75) is 37.0 Å². The van der Waals surface area contributed by atoms with E-state index in [1.54, 1.807) is 19.0 Å². The summed E-state index contributed by atoms with van der Waals surface area (Å²) >= 11 is 1.95. The van der Waals surface area contributed by atoms with Crippen LogP contribution in [-0.2, 0) is 4.79 Å². The Hall–Kier alpha value is -0.220. The normalized spacial score (nSPS) is 26.3. The van der Waals surface area contributed by atoms with Crippen LogP contribution in [0.2, 0.25) is 0 Å². The molecule has 0 aromatic carbocycles. The van der Waals surface area contributed by atoms with Crippen molar-refractivity contribution in [1.29, 1.82) is 0 Å². The molecule has 1 amide bonds. The van der Waals surface area contributed by atoms with Crippen molar-refractivity contribution in [3.05, 3.63) is 0 Å². The maximum Gasteiger partial charge on any atom is 0.236 e. The lowest BCUT2D eigenvalue weighted by Crippen LogP contribution is -2.41. The average molecular weight is 230 g/mol. The zero-order chi connectivity index (χ0) is 11.3. The van der Waals surface area contributed by atoms with Gasteiger partial charge in [-0.1, -0.05) is 6.42 Å². The van der Waals surface area contributed by atoms with E-state index >= 15 is 0 Å². The van der Waals surface area contributed by atoms with Crippen LogP contribution in [0.3, 0.4) is 0 Å². The molecule has 1 aliphatic rings. The smallest absolute Gasteiger partial charge is 0.236 e. The minimum Gasteiger partial charge on any atom is -0.348 e. The molecule has 0 radical (unpaired) electrons. The monoisotopic (exact) mass is 230 g/mol. The number of hydrogen-bond donors (Lipinski definition) is 1. The molecule has 0 aromatic heterocycles. The Morgan fingerprint density at radius 3 is 2.80 bits per heavy atom. The molecule has 15 heavy (non-hydrogen) atoms. The Kier molecular flexibility index (Phi) is 5.47. The summed E-state index contributed by atoms with van der Waals surface area (Å²) < 4.78 is 0. The second kappa shape index (κ2) is 6.38. The highest BCUT2D eigenvalue weighted by molar-refractivity contribution is 7.99. The van der Waals surface area contributed by atoms with Gasteiger partial charge < -0.3 is 10.2 Å². The molecule has 2 atom stereocenters. The van der Waals surface area contributed by atoms with Crippen LogP contribution in [-0.4, -0.2) is 49.0 Å². The van der Waals surface area contributed by atoms with Gasteiger partial charge in [0.05, 0.1) is 6.54 Å². The lowest BCUT2D eigenvalue weighted by Gasteiger charge is -2.28. The second-order valence-corrected chi connectivity index (χ2v) is 5.53. The quantitative estimate of drug-likeness (QED) is 0.791. The Balaban J connectivity index is 2.23. The van der Waals surface area contributed by atoms with Gasteiger partial charge in [0.2, 0.25) is 5.91 Å². The minimum atomic E-state index is 0.168. The summed E-state index contributed by atoms with van der Waals surface area (Å²) in [5.41, 5.74) is 0. The summed E-state index contributed by atoms with van der Waals surface area (Å²) in [7, 11) is 3.60. The van der Waals surface area contributed by atoms with Gasteiger partial charge in [0.15, 0.2) is 0 Å². The van der Waals surface area contributed by atoms with Crippen molar-refractivity contribution in [1.82, 2.24) is 10.2 Å². The highest BCUT2D eigenvalue weighted by Crippen LogP contribution is 2.26. The molecule has 2 unspecified atom stereocenters. The van der Waals surface area contributed by atoms with Gasteiger partial charge in [-0.2, -0.15) is 11.8 Å². The molecular weight excluding hydrogens is 208 g/mol. The van der Waals surface area contributed by atoms with Crippen LogP contribution in [0.15, 0.2) is 0 Å². The highest BCUT2D eigenvalue weighted by atomic mass is 32.2. The van der Waals surface area contributed by atoms with Crippen molar-refractivity contribution in [3.8, 4) is 0 Å². The van der Waals surface area contributed by atoms with E-state index in [0.717, 1.165) is 5.25 Å². The molecule has 1 aliphatic carbocycles. The number of carbonyl (C=O) groups excluding carboxylic acids is 1. The Morgan fingerprint density at radius 1 is 1.47 bits per heavy atom. The maximum absolute atomic E-state index is 11.4. The fourth-order valence-corrected chi connectivity index (χ4v) is 2.76. The summed E-state index contributed by atoms with van der Waals surface area (Å²) in [5, 5.41) is 4.15. The molecule has 0 saturated heterocycles. The molecule has 4 heteroatoms. The second-order valence-electron chi connectivity index (χ2n) is 4.39. The van der Waals surface area contributed by atoms with Crippen molar-refractivity contribution in [2.75, 3.05) is 26.9 Å². The summed E-state index contributed by atoms with van der Waals surface area (Å²) in [6.45, 7) is 0.485. The third-order valence-corrected chi connectivity index (χ3v) is 4.10. The number of carbonyl (C=O) groups is 1. The molecule has 0 aliphatic heterocycles. The topological polar surface area (TPSA) is 32.3 Å². The first-order valence-electron chi connectivity index (χ1n) is 5.59. The van der Waals surface area contributed by atoms with Crippen LogP contribution in [0.25, 0.3) is 0 Å². The predicted molar refractivity (Wildman–Crippen MR) is 66.3 cm³/mol. The number of rotatable bonds is 4. The lowest BCUT2D eigenvalue weighted by molar-refractivity contribution is -0.127. The molecule has 0 heterocycles. The molecule has 88 valence electrons. The molecule has 0 spiro atoms. The Labute approximate surface area is 97.0 Å². The molecule has 0 bridgehead atoms. The van der Waals surface area contributed by atoms with Crippen molar-refractivity contribution in [2.24, 2.45) is 0 Å². The first kappa shape index (κ1) is 12.8. The maximum atomic E-state index is 11.4. The van der Waals surface area contributed by atoms with Crippen molar-refractivity contribution in [3.63, 3.8) is 0 Å². The SMILES string of the molecule is CSC1CCCC(NCC(=O)N(C)C)C1. The van der Waals surface area contributed by atoms with Gasteiger partial charge in [-0.3, -0.25) is 4.79 Å². The van der Waals surface area contributed by atoms with E-state index in [-0.39, 0.29) is 5.91 Å². The number of thioether (sulfide) groups is 1. The summed E-state index contributed by atoms with van der Waals surface area (Å²) in [5.74, 6) is 0.168. The third-order valence-electron chi connectivity index (χ3n) is 3.00. The fraction of sp³-hybridized carbons (Fsp3) is 0.909. The average Bonchev–Trinajstić information content (AvgIpc) is 2.26. The van der Waals surface area contributed by atoms with E-state index in [1.165, 1.54) is 25.7 Å². The van der Waals surface area contributed by atoms with E-state index in [0.29, 0.717) is 12.6 Å². The number of amides is 1. The van der Waals surface area contributed by atoms with E-state index in [2.05, 4.69) is 11.6 Å². The minimum absolute atomic E-state index is 0.168. The van der Waals surface area contributed by atoms with Crippen molar-refractivity contribution < 1.29 is 4.79 Å². The zero-order valence-electron chi connectivity index (χ0n) is 9.95. The molecule has 0 aromatic rings. The highest BCUT2D eigenvalue weighted by Gasteiger charge is 2.21. The van der Waals surface area contributed by atoms with E-state index < -0.39 is 0 Å². The summed E-state index contributed by atoms with van der Waals surface area (Å²) in [6, 6.07) is 0.542. The number of nitrogens with zero attached hydrogens (tertiary/aromatic N) is 1. The van der Waals surface area contributed by atoms with Crippen LogP contribution in [0.5, 0.6) is 0 Å². The lowest BCUT2D eigenvalue weighted by atomic mass is 9.95. The van der Waals surface area contributed by atoms with Gasteiger partial charge in [0, 0.05) is 25.4 Å². The van der Waals surface area contributed by atoms with Crippen LogP contribution in [0.1, 0.15) is 25.7 Å². The standard InChI is InChI=1S/C11H22N2OS/c1-13(2)11(14)8-12-9-5-4-6-10(7-9)15-3/h9-10,12H,4-8H2,1-3H3. The van der Waals surface area contributed by atoms with E-state index in [9.17, 15) is 4.79 Å². The van der Waals surface area contributed by atoms with Crippen LogP contribution in [0.4, 0.5) is 0 Å². The summed E-state index contributed by atoms with van der Waals surface area (Å²) in [6.07, 6.45) is 7.23. The van der Waals surface area contributed by atoms with E-state index in [1.807, 2.05) is 11.8 Å². The molecule has 1 fully saturated rings. The molecule has 1 saturated carbocycles. The van der Waals surface area contributed by atoms with Gasteiger partial charge in [-0.05, 0) is 25.5 Å². The van der Waals surface area contributed by atoms with E-state index in [4.69, 9.17) is 0 Å². The van der Waals surface area contributed by atoms with Gasteiger partial charge in [0.25, 0.3) is 0 Å². The zero-order valence-corrected chi connectivity index (χ0v) is 10.8. The molecular formula is C11H22N2OS. The van der Waals surface area contributed by atoms with Gasteiger partial charge in [0.1, 0.15) is 0 Å². The van der Waals surface area contributed by atoms with Crippen LogP contribution < -0.4 is 5.32 Å².